The van der Waals surface area contributed by atoms with E-state index in [-0.39, 0.29) is 18.2 Å². The summed E-state index contributed by atoms with van der Waals surface area (Å²) in [5.74, 6) is -1.84. The molecule has 35 heavy (non-hydrogen) atoms. The topological polar surface area (TPSA) is 86.7 Å². The molecule has 1 aliphatic heterocycles. The van der Waals surface area contributed by atoms with Crippen molar-refractivity contribution in [1.29, 1.82) is 0 Å². The van der Waals surface area contributed by atoms with Crippen LogP contribution in [0.3, 0.4) is 0 Å². The Bertz CT molecular complexity index is 1160. The standard InChI is InChI=1S/C29H32N2O4/c1-29(2,3)28(35)30-24(27(33)34)18-25(32)31-16-14-21(15-17-31)26-22-10-6-4-8-19(22)12-13-20-9-5-7-11-23(20)26/h4-13,24H,14-18H2,1-3H3,(H,30,35)(H,33,34). The largest absolute Gasteiger partial charge is 0.480 e. The molecule has 2 aliphatic rings. The maximum atomic E-state index is 13.0. The highest BCUT2D eigenvalue weighted by Gasteiger charge is 2.31. The van der Waals surface area contributed by atoms with Crippen LogP contribution >= 0.6 is 0 Å². The van der Waals surface area contributed by atoms with Gasteiger partial charge in [-0.1, -0.05) is 87.0 Å². The van der Waals surface area contributed by atoms with Crippen LogP contribution in [0.25, 0.3) is 17.7 Å². The van der Waals surface area contributed by atoms with E-state index in [0.717, 1.165) is 12.8 Å². The smallest absolute Gasteiger partial charge is 0.326 e. The van der Waals surface area contributed by atoms with Crippen molar-refractivity contribution in [1.82, 2.24) is 10.2 Å². The fourth-order valence-electron chi connectivity index (χ4n) is 4.60. The van der Waals surface area contributed by atoms with Crippen molar-refractivity contribution < 1.29 is 19.5 Å². The van der Waals surface area contributed by atoms with Gasteiger partial charge in [-0.3, -0.25) is 9.59 Å². The summed E-state index contributed by atoms with van der Waals surface area (Å²) in [5, 5.41) is 12.1. The molecule has 1 heterocycles. The quantitative estimate of drug-likeness (QED) is 0.581. The summed E-state index contributed by atoms with van der Waals surface area (Å²) < 4.78 is 0. The fourth-order valence-corrected chi connectivity index (χ4v) is 4.60. The number of carboxylic acid groups (broad SMARTS) is 1. The van der Waals surface area contributed by atoms with Gasteiger partial charge in [0, 0.05) is 18.5 Å². The van der Waals surface area contributed by atoms with Gasteiger partial charge in [0.05, 0.1) is 6.42 Å². The second-order valence-corrected chi connectivity index (χ2v) is 10.2. The molecular formula is C29H32N2O4. The van der Waals surface area contributed by atoms with Gasteiger partial charge in [-0.15, -0.1) is 0 Å². The predicted molar refractivity (Wildman–Crippen MR) is 137 cm³/mol. The summed E-state index contributed by atoms with van der Waals surface area (Å²) in [6.07, 6.45) is 5.49. The molecule has 2 aromatic carbocycles. The second-order valence-electron chi connectivity index (χ2n) is 10.2. The highest BCUT2D eigenvalue weighted by molar-refractivity contribution is 5.95. The van der Waals surface area contributed by atoms with E-state index in [1.165, 1.54) is 33.4 Å². The van der Waals surface area contributed by atoms with E-state index in [9.17, 15) is 19.5 Å². The Morgan fingerprint density at radius 1 is 0.914 bits per heavy atom. The number of nitrogens with one attached hydrogen (secondary N) is 1. The number of likely N-dealkylation sites (tertiary alicyclic amines) is 1. The van der Waals surface area contributed by atoms with Crippen molar-refractivity contribution in [3.8, 4) is 0 Å². The SMILES string of the molecule is CC(C)(C)C(=O)NC(CC(=O)N1CCC(=C2c3ccccc3C=Cc3ccccc32)CC1)C(=O)O. The number of piperidine rings is 1. The number of carboxylic acids is 1. The van der Waals surface area contributed by atoms with Crippen molar-refractivity contribution in [3.05, 3.63) is 76.4 Å². The third kappa shape index (κ3) is 5.37. The van der Waals surface area contributed by atoms with Gasteiger partial charge < -0.3 is 15.3 Å². The van der Waals surface area contributed by atoms with Crippen LogP contribution in [0.2, 0.25) is 0 Å². The number of hydrogen-bond acceptors (Lipinski definition) is 3. The lowest BCUT2D eigenvalue weighted by Crippen LogP contribution is -2.49. The Morgan fingerprint density at radius 2 is 1.43 bits per heavy atom. The van der Waals surface area contributed by atoms with Crippen LogP contribution < -0.4 is 5.32 Å². The van der Waals surface area contributed by atoms with Crippen LogP contribution in [-0.4, -0.2) is 46.9 Å². The van der Waals surface area contributed by atoms with E-state index in [2.05, 4.69) is 53.9 Å². The monoisotopic (exact) mass is 472 g/mol. The molecule has 1 saturated heterocycles. The van der Waals surface area contributed by atoms with Gasteiger partial charge in [-0.25, -0.2) is 4.79 Å². The highest BCUT2D eigenvalue weighted by Crippen LogP contribution is 2.38. The van der Waals surface area contributed by atoms with Gasteiger partial charge >= 0.3 is 5.97 Å². The summed E-state index contributed by atoms with van der Waals surface area (Å²) in [6.45, 7) is 6.18. The van der Waals surface area contributed by atoms with Crippen LogP contribution in [0.5, 0.6) is 0 Å². The van der Waals surface area contributed by atoms with E-state index in [4.69, 9.17) is 0 Å². The molecule has 182 valence electrons. The number of benzene rings is 2. The molecule has 2 aromatic rings. The minimum Gasteiger partial charge on any atom is -0.480 e. The van der Waals surface area contributed by atoms with Crippen LogP contribution in [0.4, 0.5) is 0 Å². The molecule has 1 fully saturated rings. The summed E-state index contributed by atoms with van der Waals surface area (Å²) in [7, 11) is 0. The third-order valence-electron chi connectivity index (χ3n) is 6.64. The summed E-state index contributed by atoms with van der Waals surface area (Å²) >= 11 is 0. The average molecular weight is 473 g/mol. The molecule has 0 radical (unpaired) electrons. The Labute approximate surface area is 206 Å². The van der Waals surface area contributed by atoms with Crippen molar-refractivity contribution in [3.63, 3.8) is 0 Å². The first kappa shape index (κ1) is 24.5. The first-order valence-corrected chi connectivity index (χ1v) is 12.1. The van der Waals surface area contributed by atoms with E-state index < -0.39 is 17.4 Å². The van der Waals surface area contributed by atoms with E-state index in [0.29, 0.717) is 13.1 Å². The molecule has 0 saturated carbocycles. The molecule has 1 unspecified atom stereocenters. The highest BCUT2D eigenvalue weighted by atomic mass is 16.4. The van der Waals surface area contributed by atoms with Gasteiger partial charge in [0.25, 0.3) is 0 Å². The van der Waals surface area contributed by atoms with Crippen molar-refractivity contribution in [2.24, 2.45) is 5.41 Å². The Morgan fingerprint density at radius 3 is 1.91 bits per heavy atom. The molecule has 0 spiro atoms. The lowest BCUT2D eigenvalue weighted by Gasteiger charge is -2.31. The number of hydrogen-bond donors (Lipinski definition) is 2. The van der Waals surface area contributed by atoms with Gasteiger partial charge in [0.15, 0.2) is 0 Å². The molecule has 6 nitrogen and oxygen atoms in total. The molecule has 0 aromatic heterocycles. The van der Waals surface area contributed by atoms with Crippen LogP contribution in [0.15, 0.2) is 54.1 Å². The molecule has 1 aliphatic carbocycles. The Kier molecular flexibility index (Phi) is 6.92. The molecule has 4 rings (SSSR count). The average Bonchev–Trinajstić information content (AvgIpc) is 3.00. The van der Waals surface area contributed by atoms with Crippen molar-refractivity contribution >= 4 is 35.5 Å². The fraction of sp³-hybridized carbons (Fsp3) is 0.345. The molecule has 2 amide bonds. The van der Waals surface area contributed by atoms with E-state index in [1.54, 1.807) is 25.7 Å². The molecular weight excluding hydrogens is 440 g/mol. The van der Waals surface area contributed by atoms with Crippen molar-refractivity contribution in [2.45, 2.75) is 46.1 Å². The lowest BCUT2D eigenvalue weighted by atomic mass is 9.86. The molecule has 6 heteroatoms. The van der Waals surface area contributed by atoms with Gasteiger partial charge in [0.2, 0.25) is 11.8 Å². The summed E-state index contributed by atoms with van der Waals surface area (Å²) in [4.78, 5) is 38.7. The summed E-state index contributed by atoms with van der Waals surface area (Å²) in [5.41, 5.74) is 6.52. The minimum atomic E-state index is -1.24. The molecule has 2 N–H and O–H groups in total. The number of carbonyl (C=O) groups excluding carboxylic acids is 2. The van der Waals surface area contributed by atoms with E-state index >= 15 is 0 Å². The number of fused-ring (bicyclic) bond motifs is 2. The Balaban J connectivity index is 1.53. The molecule has 1 atom stereocenters. The zero-order valence-electron chi connectivity index (χ0n) is 20.5. The number of amides is 2. The second kappa shape index (κ2) is 9.90. The zero-order chi connectivity index (χ0) is 25.2. The Hall–Kier alpha value is -3.67. The maximum absolute atomic E-state index is 13.0. The first-order chi connectivity index (χ1) is 16.6. The van der Waals surface area contributed by atoms with Crippen molar-refractivity contribution in [2.75, 3.05) is 13.1 Å². The predicted octanol–water partition coefficient (Wildman–Crippen LogP) is 4.60. The lowest BCUT2D eigenvalue weighted by molar-refractivity contribution is -0.146. The molecule has 0 bridgehead atoms. The zero-order valence-corrected chi connectivity index (χ0v) is 20.5. The van der Waals surface area contributed by atoms with Crippen LogP contribution in [0.1, 0.15) is 62.3 Å². The number of nitrogens with zero attached hydrogens (tertiary/aromatic N) is 1. The first-order valence-electron chi connectivity index (χ1n) is 12.1. The third-order valence-corrected chi connectivity index (χ3v) is 6.64. The maximum Gasteiger partial charge on any atom is 0.326 e. The van der Waals surface area contributed by atoms with Gasteiger partial charge in [-0.2, -0.15) is 0 Å². The normalized spacial score (nSPS) is 16.1. The number of carbonyl (C=O) groups is 3. The minimum absolute atomic E-state index is 0.251. The summed E-state index contributed by atoms with van der Waals surface area (Å²) in [6, 6.07) is 15.5. The van der Waals surface area contributed by atoms with E-state index in [1.807, 2.05) is 12.1 Å². The van der Waals surface area contributed by atoms with Gasteiger partial charge in [0.1, 0.15) is 6.04 Å². The van der Waals surface area contributed by atoms with Crippen LogP contribution in [-0.2, 0) is 14.4 Å². The number of rotatable bonds is 4. The number of aliphatic carboxylic acids is 1. The van der Waals surface area contributed by atoms with Crippen LogP contribution in [0, 0.1) is 5.41 Å². The van der Waals surface area contributed by atoms with Gasteiger partial charge in [-0.05, 0) is 40.7 Å².